The van der Waals surface area contributed by atoms with Crippen LogP contribution in [-0.4, -0.2) is 21.6 Å². The average molecular weight is 439 g/mol. The monoisotopic (exact) mass is 438 g/mol. The molecule has 0 aliphatic heterocycles. The van der Waals surface area contributed by atoms with Crippen molar-refractivity contribution in [3.05, 3.63) is 119 Å². The molecule has 0 aliphatic rings. The lowest BCUT2D eigenvalue weighted by atomic mass is 10.1. The highest BCUT2D eigenvalue weighted by Crippen LogP contribution is 2.17. The molecular formula is C27H26N4O2. The van der Waals surface area contributed by atoms with E-state index in [4.69, 9.17) is 0 Å². The third kappa shape index (κ3) is 5.54. The Labute approximate surface area is 193 Å². The van der Waals surface area contributed by atoms with Crippen molar-refractivity contribution in [3.63, 3.8) is 0 Å². The van der Waals surface area contributed by atoms with Gasteiger partial charge >= 0.3 is 0 Å². The summed E-state index contributed by atoms with van der Waals surface area (Å²) in [4.78, 5) is 25.6. The lowest BCUT2D eigenvalue weighted by Gasteiger charge is -2.12. The van der Waals surface area contributed by atoms with Crippen molar-refractivity contribution >= 4 is 17.5 Å². The molecule has 4 aromatic rings. The van der Waals surface area contributed by atoms with Crippen molar-refractivity contribution in [2.24, 2.45) is 0 Å². The highest BCUT2D eigenvalue weighted by atomic mass is 16.2. The number of amides is 2. The average Bonchev–Trinajstić information content (AvgIpc) is 3.15. The van der Waals surface area contributed by atoms with E-state index in [0.717, 1.165) is 22.5 Å². The number of carbonyl (C=O) groups is 2. The maximum atomic E-state index is 12.8. The van der Waals surface area contributed by atoms with Gasteiger partial charge in [0, 0.05) is 17.8 Å². The number of hydrogen-bond acceptors (Lipinski definition) is 3. The first-order valence-corrected chi connectivity index (χ1v) is 10.8. The van der Waals surface area contributed by atoms with Crippen LogP contribution in [0, 0.1) is 13.8 Å². The molecule has 0 bridgehead atoms. The van der Waals surface area contributed by atoms with E-state index >= 15 is 0 Å². The zero-order valence-corrected chi connectivity index (χ0v) is 18.7. The van der Waals surface area contributed by atoms with Gasteiger partial charge in [-0.3, -0.25) is 14.3 Å². The standard InChI is InChI=1S/C27H26N4O2/c1-19-16-20(2)31(30-19)18-22-12-14-23(15-13-22)26(32)29-25-11-7-6-10-24(25)27(33)28-17-21-8-4-3-5-9-21/h3-16H,17-18H2,1-2H3,(H,28,33)(H,29,32). The van der Waals surface area contributed by atoms with Gasteiger partial charge in [-0.1, -0.05) is 54.6 Å². The molecule has 2 amide bonds. The van der Waals surface area contributed by atoms with Gasteiger partial charge in [-0.05, 0) is 55.3 Å². The number of nitrogens with one attached hydrogen (secondary N) is 2. The third-order valence-corrected chi connectivity index (χ3v) is 5.37. The predicted octanol–water partition coefficient (Wildman–Crippen LogP) is 4.73. The minimum atomic E-state index is -0.268. The Hall–Kier alpha value is -4.19. The highest BCUT2D eigenvalue weighted by molar-refractivity contribution is 6.09. The highest BCUT2D eigenvalue weighted by Gasteiger charge is 2.14. The minimum absolute atomic E-state index is 0.241. The molecule has 6 heteroatoms. The normalized spacial score (nSPS) is 10.6. The van der Waals surface area contributed by atoms with Crippen molar-refractivity contribution in [2.75, 3.05) is 5.32 Å². The summed E-state index contributed by atoms with van der Waals surface area (Å²) in [6.45, 7) is 5.05. The van der Waals surface area contributed by atoms with Crippen molar-refractivity contribution in [1.29, 1.82) is 0 Å². The Morgan fingerprint density at radius 1 is 0.818 bits per heavy atom. The molecule has 0 aliphatic carbocycles. The van der Waals surface area contributed by atoms with Crippen LogP contribution >= 0.6 is 0 Å². The van der Waals surface area contributed by atoms with Crippen LogP contribution in [0.15, 0.2) is 84.9 Å². The van der Waals surface area contributed by atoms with E-state index in [9.17, 15) is 9.59 Å². The van der Waals surface area contributed by atoms with Gasteiger partial charge < -0.3 is 10.6 Å². The lowest BCUT2D eigenvalue weighted by molar-refractivity contribution is 0.0952. The van der Waals surface area contributed by atoms with Crippen LogP contribution in [0.4, 0.5) is 5.69 Å². The zero-order valence-electron chi connectivity index (χ0n) is 18.7. The number of aryl methyl sites for hydroxylation is 2. The van der Waals surface area contributed by atoms with Crippen LogP contribution < -0.4 is 10.6 Å². The first-order valence-electron chi connectivity index (χ1n) is 10.8. The van der Waals surface area contributed by atoms with E-state index < -0.39 is 0 Å². The van der Waals surface area contributed by atoms with Gasteiger partial charge in [0.2, 0.25) is 0 Å². The number of nitrogens with zero attached hydrogens (tertiary/aromatic N) is 2. The molecule has 6 nitrogen and oxygen atoms in total. The molecule has 33 heavy (non-hydrogen) atoms. The Morgan fingerprint density at radius 2 is 1.52 bits per heavy atom. The van der Waals surface area contributed by atoms with Crippen LogP contribution in [0.2, 0.25) is 0 Å². The van der Waals surface area contributed by atoms with Crippen LogP contribution in [0.5, 0.6) is 0 Å². The van der Waals surface area contributed by atoms with Gasteiger partial charge in [0.05, 0.1) is 23.5 Å². The molecule has 0 saturated heterocycles. The van der Waals surface area contributed by atoms with Gasteiger partial charge in [0.25, 0.3) is 11.8 Å². The summed E-state index contributed by atoms with van der Waals surface area (Å²) in [5, 5.41) is 10.3. The second-order valence-electron chi connectivity index (χ2n) is 7.95. The maximum absolute atomic E-state index is 12.8. The fourth-order valence-corrected chi connectivity index (χ4v) is 3.63. The Kier molecular flexibility index (Phi) is 6.64. The number of hydrogen-bond donors (Lipinski definition) is 2. The van der Waals surface area contributed by atoms with E-state index in [1.807, 2.05) is 67.1 Å². The smallest absolute Gasteiger partial charge is 0.255 e. The van der Waals surface area contributed by atoms with Gasteiger partial charge in [-0.2, -0.15) is 5.10 Å². The number of benzene rings is 3. The van der Waals surface area contributed by atoms with Crippen LogP contribution in [0.3, 0.4) is 0 Å². The first kappa shape index (κ1) is 22.0. The SMILES string of the molecule is Cc1cc(C)n(Cc2ccc(C(=O)Nc3ccccc3C(=O)NCc3ccccc3)cc2)n1. The molecule has 3 aromatic carbocycles. The Bertz CT molecular complexity index is 1260. The molecule has 0 atom stereocenters. The second kappa shape index (κ2) is 9.96. The second-order valence-corrected chi connectivity index (χ2v) is 7.95. The molecule has 4 rings (SSSR count). The quantitative estimate of drug-likeness (QED) is 0.438. The molecule has 0 unspecified atom stereocenters. The van der Waals surface area contributed by atoms with Crippen LogP contribution in [-0.2, 0) is 13.1 Å². The Morgan fingerprint density at radius 3 is 2.21 bits per heavy atom. The molecule has 0 radical (unpaired) electrons. The number of para-hydroxylation sites is 1. The van der Waals surface area contributed by atoms with Crippen molar-refractivity contribution < 1.29 is 9.59 Å². The van der Waals surface area contributed by atoms with Crippen molar-refractivity contribution in [1.82, 2.24) is 15.1 Å². The number of rotatable bonds is 7. The van der Waals surface area contributed by atoms with Gasteiger partial charge in [-0.15, -0.1) is 0 Å². The number of aromatic nitrogens is 2. The molecule has 2 N–H and O–H groups in total. The van der Waals surface area contributed by atoms with E-state index in [1.165, 1.54) is 0 Å². The summed E-state index contributed by atoms with van der Waals surface area (Å²) >= 11 is 0. The summed E-state index contributed by atoms with van der Waals surface area (Å²) in [5.41, 5.74) is 5.55. The molecule has 0 fully saturated rings. The molecule has 1 heterocycles. The molecule has 0 spiro atoms. The first-order chi connectivity index (χ1) is 16.0. The Balaban J connectivity index is 1.42. The summed E-state index contributed by atoms with van der Waals surface area (Å²) in [6, 6.07) is 26.1. The van der Waals surface area contributed by atoms with Gasteiger partial charge in [0.1, 0.15) is 0 Å². The summed E-state index contributed by atoms with van der Waals surface area (Å²) in [5.74, 6) is -0.508. The number of anilines is 1. The van der Waals surface area contributed by atoms with Gasteiger partial charge in [0.15, 0.2) is 0 Å². The maximum Gasteiger partial charge on any atom is 0.255 e. The van der Waals surface area contributed by atoms with E-state index in [-0.39, 0.29) is 11.8 Å². The summed E-state index contributed by atoms with van der Waals surface area (Å²) in [6.07, 6.45) is 0. The van der Waals surface area contributed by atoms with E-state index in [2.05, 4.69) is 15.7 Å². The van der Waals surface area contributed by atoms with Crippen LogP contribution in [0.25, 0.3) is 0 Å². The van der Waals surface area contributed by atoms with E-state index in [1.54, 1.807) is 36.4 Å². The summed E-state index contributed by atoms with van der Waals surface area (Å²) in [7, 11) is 0. The molecular weight excluding hydrogens is 412 g/mol. The minimum Gasteiger partial charge on any atom is -0.348 e. The van der Waals surface area contributed by atoms with Crippen LogP contribution in [0.1, 0.15) is 43.2 Å². The molecule has 166 valence electrons. The lowest BCUT2D eigenvalue weighted by Crippen LogP contribution is -2.24. The van der Waals surface area contributed by atoms with E-state index in [0.29, 0.717) is 29.9 Å². The fourth-order valence-electron chi connectivity index (χ4n) is 3.63. The largest absolute Gasteiger partial charge is 0.348 e. The number of carbonyl (C=O) groups excluding carboxylic acids is 2. The van der Waals surface area contributed by atoms with Gasteiger partial charge in [-0.25, -0.2) is 0 Å². The molecule has 0 saturated carbocycles. The van der Waals surface area contributed by atoms with Crippen molar-refractivity contribution in [2.45, 2.75) is 26.9 Å². The summed E-state index contributed by atoms with van der Waals surface area (Å²) < 4.78 is 1.94. The fraction of sp³-hybridized carbons (Fsp3) is 0.148. The predicted molar refractivity (Wildman–Crippen MR) is 129 cm³/mol. The third-order valence-electron chi connectivity index (χ3n) is 5.37. The topological polar surface area (TPSA) is 76.0 Å². The van der Waals surface area contributed by atoms with Crippen molar-refractivity contribution in [3.8, 4) is 0 Å². The zero-order chi connectivity index (χ0) is 23.2. The molecule has 1 aromatic heterocycles.